The van der Waals surface area contributed by atoms with E-state index >= 15 is 0 Å². The smallest absolute Gasteiger partial charge is 0.253 e. The van der Waals surface area contributed by atoms with Gasteiger partial charge in [-0.2, -0.15) is 0 Å². The molecule has 1 N–H and O–H groups in total. The second-order valence-corrected chi connectivity index (χ2v) is 5.40. The molecule has 1 saturated heterocycles. The van der Waals surface area contributed by atoms with Crippen LogP contribution in [-0.4, -0.2) is 34.6 Å². The van der Waals surface area contributed by atoms with Gasteiger partial charge in [-0.25, -0.2) is 0 Å². The molecule has 86 valence electrons. The fraction of sp³-hybridized carbons (Fsp3) is 0.417. The van der Waals surface area contributed by atoms with E-state index in [4.69, 9.17) is 0 Å². The lowest BCUT2D eigenvalue weighted by Crippen LogP contribution is -2.33. The van der Waals surface area contributed by atoms with Crippen molar-refractivity contribution in [1.82, 2.24) is 4.90 Å². The lowest BCUT2D eigenvalue weighted by Gasteiger charge is -2.19. The van der Waals surface area contributed by atoms with Gasteiger partial charge in [0.1, 0.15) is 0 Å². The number of nitrogens with zero attached hydrogens (tertiary/aromatic N) is 1. The molecule has 1 unspecified atom stereocenters. The van der Waals surface area contributed by atoms with E-state index in [9.17, 15) is 9.90 Å². The van der Waals surface area contributed by atoms with Crippen molar-refractivity contribution in [2.45, 2.75) is 18.9 Å². The summed E-state index contributed by atoms with van der Waals surface area (Å²) in [5, 5.41) is 9.80. The first-order valence-corrected chi connectivity index (χ1v) is 6.04. The van der Waals surface area contributed by atoms with Gasteiger partial charge < -0.3 is 10.0 Å². The highest BCUT2D eigenvalue weighted by atomic mass is 79.9. The second-order valence-electron chi connectivity index (χ2n) is 4.48. The molecule has 1 heterocycles. The van der Waals surface area contributed by atoms with E-state index in [-0.39, 0.29) is 5.91 Å². The summed E-state index contributed by atoms with van der Waals surface area (Å²) in [6.07, 6.45) is 0.648. The Balaban J connectivity index is 2.12. The Kier molecular flexibility index (Phi) is 3.04. The van der Waals surface area contributed by atoms with Crippen molar-refractivity contribution in [1.29, 1.82) is 0 Å². The number of likely N-dealkylation sites (tertiary alicyclic amines) is 1. The highest BCUT2D eigenvalue weighted by Crippen LogP contribution is 2.22. The monoisotopic (exact) mass is 283 g/mol. The first-order valence-electron chi connectivity index (χ1n) is 5.25. The summed E-state index contributed by atoms with van der Waals surface area (Å²) in [6.45, 7) is 2.81. The molecule has 2 rings (SSSR count). The van der Waals surface area contributed by atoms with Crippen molar-refractivity contribution >= 4 is 21.8 Å². The topological polar surface area (TPSA) is 40.5 Å². The number of β-amino-alcohol motifs (C(OH)–C–C–N with tert-alkyl or cyclic N) is 1. The van der Waals surface area contributed by atoms with Gasteiger partial charge >= 0.3 is 0 Å². The van der Waals surface area contributed by atoms with E-state index in [1.54, 1.807) is 24.0 Å². The summed E-state index contributed by atoms with van der Waals surface area (Å²) in [5.74, 6) is -0.00900. The Morgan fingerprint density at radius 1 is 1.44 bits per heavy atom. The maximum Gasteiger partial charge on any atom is 0.253 e. The third kappa shape index (κ3) is 2.44. The van der Waals surface area contributed by atoms with Gasteiger partial charge in [-0.3, -0.25) is 4.79 Å². The minimum atomic E-state index is -0.731. The molecule has 1 fully saturated rings. The van der Waals surface area contributed by atoms with Crippen LogP contribution < -0.4 is 0 Å². The first-order chi connectivity index (χ1) is 7.48. The second kappa shape index (κ2) is 4.18. The lowest BCUT2D eigenvalue weighted by molar-refractivity contribution is 0.0572. The van der Waals surface area contributed by atoms with Crippen LogP contribution in [0.3, 0.4) is 0 Å². The van der Waals surface area contributed by atoms with Crippen molar-refractivity contribution in [2.75, 3.05) is 13.1 Å². The average Bonchev–Trinajstić information content (AvgIpc) is 2.59. The Bertz CT molecular complexity index is 400. The Morgan fingerprint density at radius 2 is 2.06 bits per heavy atom. The number of aliphatic hydroxyl groups is 1. The minimum Gasteiger partial charge on any atom is -0.388 e. The van der Waals surface area contributed by atoms with E-state index in [0.717, 1.165) is 4.47 Å². The molecule has 0 aromatic heterocycles. The SMILES string of the molecule is CC1(O)CCN(C(=O)c2ccc(Br)cc2)C1. The van der Waals surface area contributed by atoms with Crippen LogP contribution in [0.25, 0.3) is 0 Å². The maximum atomic E-state index is 12.0. The minimum absolute atomic E-state index is 0.00900. The zero-order chi connectivity index (χ0) is 11.8. The average molecular weight is 284 g/mol. The molecule has 1 amide bonds. The molecule has 0 spiro atoms. The number of hydrogen-bond acceptors (Lipinski definition) is 2. The Labute approximate surface area is 103 Å². The summed E-state index contributed by atoms with van der Waals surface area (Å²) in [6, 6.07) is 7.28. The van der Waals surface area contributed by atoms with Gasteiger partial charge in [-0.05, 0) is 37.6 Å². The Hall–Kier alpha value is -0.870. The molecule has 1 atom stereocenters. The van der Waals surface area contributed by atoms with Gasteiger partial charge in [0.15, 0.2) is 0 Å². The summed E-state index contributed by atoms with van der Waals surface area (Å²) < 4.78 is 0.956. The summed E-state index contributed by atoms with van der Waals surface area (Å²) in [7, 11) is 0. The number of halogens is 1. The molecule has 4 heteroatoms. The molecule has 1 aromatic rings. The molecule has 1 aliphatic heterocycles. The maximum absolute atomic E-state index is 12.0. The Morgan fingerprint density at radius 3 is 2.56 bits per heavy atom. The van der Waals surface area contributed by atoms with Crippen LogP contribution >= 0.6 is 15.9 Å². The molecule has 0 aliphatic carbocycles. The molecule has 1 aliphatic rings. The summed E-state index contributed by atoms with van der Waals surface area (Å²) in [5.41, 5.74) is -0.0636. The normalized spacial score (nSPS) is 24.8. The number of hydrogen-bond donors (Lipinski definition) is 1. The molecule has 16 heavy (non-hydrogen) atoms. The zero-order valence-corrected chi connectivity index (χ0v) is 10.7. The number of benzene rings is 1. The predicted octanol–water partition coefficient (Wildman–Crippen LogP) is 2.05. The molecule has 0 saturated carbocycles. The first kappa shape index (κ1) is 11.6. The van der Waals surface area contributed by atoms with Gasteiger partial charge in [0.2, 0.25) is 0 Å². The van der Waals surface area contributed by atoms with Gasteiger partial charge in [0, 0.05) is 23.1 Å². The number of carbonyl (C=O) groups excluding carboxylic acids is 1. The fourth-order valence-corrected chi connectivity index (χ4v) is 2.16. The predicted molar refractivity (Wildman–Crippen MR) is 65.3 cm³/mol. The lowest BCUT2D eigenvalue weighted by atomic mass is 10.1. The molecule has 0 radical (unpaired) electrons. The van der Waals surface area contributed by atoms with Gasteiger partial charge in [-0.1, -0.05) is 15.9 Å². The number of carbonyl (C=O) groups is 1. The van der Waals surface area contributed by atoms with Crippen LogP contribution in [-0.2, 0) is 0 Å². The van der Waals surface area contributed by atoms with Crippen molar-refractivity contribution in [3.63, 3.8) is 0 Å². The van der Waals surface area contributed by atoms with E-state index < -0.39 is 5.60 Å². The zero-order valence-electron chi connectivity index (χ0n) is 9.11. The van der Waals surface area contributed by atoms with Crippen LogP contribution in [0, 0.1) is 0 Å². The third-order valence-corrected chi connectivity index (χ3v) is 3.36. The standard InChI is InChI=1S/C12H14BrNO2/c1-12(16)6-7-14(8-12)11(15)9-2-4-10(13)5-3-9/h2-5,16H,6-8H2,1H3. The van der Waals surface area contributed by atoms with Crippen LogP contribution in [0.4, 0.5) is 0 Å². The number of amides is 1. The largest absolute Gasteiger partial charge is 0.388 e. The molecular formula is C12H14BrNO2. The van der Waals surface area contributed by atoms with E-state index in [1.165, 1.54) is 0 Å². The van der Waals surface area contributed by atoms with Crippen molar-refractivity contribution in [3.8, 4) is 0 Å². The van der Waals surface area contributed by atoms with Gasteiger partial charge in [0.25, 0.3) is 5.91 Å². The van der Waals surface area contributed by atoms with Crippen LogP contribution in [0.5, 0.6) is 0 Å². The molecule has 3 nitrogen and oxygen atoms in total. The highest BCUT2D eigenvalue weighted by Gasteiger charge is 2.34. The van der Waals surface area contributed by atoms with Gasteiger partial charge in [-0.15, -0.1) is 0 Å². The van der Waals surface area contributed by atoms with Crippen LogP contribution in [0.1, 0.15) is 23.7 Å². The molecule has 0 bridgehead atoms. The van der Waals surface area contributed by atoms with Crippen LogP contribution in [0.2, 0.25) is 0 Å². The van der Waals surface area contributed by atoms with E-state index in [2.05, 4.69) is 15.9 Å². The van der Waals surface area contributed by atoms with Crippen molar-refractivity contribution in [2.24, 2.45) is 0 Å². The quantitative estimate of drug-likeness (QED) is 0.857. The fourth-order valence-electron chi connectivity index (χ4n) is 1.89. The highest BCUT2D eigenvalue weighted by molar-refractivity contribution is 9.10. The van der Waals surface area contributed by atoms with E-state index in [0.29, 0.717) is 25.1 Å². The van der Waals surface area contributed by atoms with Crippen molar-refractivity contribution < 1.29 is 9.90 Å². The number of rotatable bonds is 1. The van der Waals surface area contributed by atoms with Gasteiger partial charge in [0.05, 0.1) is 5.60 Å². The summed E-state index contributed by atoms with van der Waals surface area (Å²) in [4.78, 5) is 13.7. The summed E-state index contributed by atoms with van der Waals surface area (Å²) >= 11 is 3.33. The third-order valence-electron chi connectivity index (χ3n) is 2.83. The van der Waals surface area contributed by atoms with Crippen LogP contribution in [0.15, 0.2) is 28.7 Å². The molecular weight excluding hydrogens is 270 g/mol. The van der Waals surface area contributed by atoms with Crippen molar-refractivity contribution in [3.05, 3.63) is 34.3 Å². The molecule has 1 aromatic carbocycles. The van der Waals surface area contributed by atoms with E-state index in [1.807, 2.05) is 12.1 Å².